The zero-order chi connectivity index (χ0) is 12.2. The SMILES string of the molecule is C[NH+](C)CCCc1ccc(C(C)(C)C)cc1. The molecule has 16 heavy (non-hydrogen) atoms. The summed E-state index contributed by atoms with van der Waals surface area (Å²) < 4.78 is 0. The highest BCUT2D eigenvalue weighted by atomic mass is 15.0. The Bertz CT molecular complexity index is 303. The number of quaternary nitrogens is 1. The standard InChI is InChI=1S/C15H25N/c1-15(2,3)14-10-8-13(9-11-14)7-6-12-16(4)5/h8-11H,6-7,12H2,1-5H3/p+1. The van der Waals surface area contributed by atoms with E-state index in [0.29, 0.717) is 0 Å². The van der Waals surface area contributed by atoms with Crippen LogP contribution in [0, 0.1) is 0 Å². The number of rotatable bonds is 4. The van der Waals surface area contributed by atoms with Crippen molar-refractivity contribution in [2.24, 2.45) is 0 Å². The molecule has 1 aromatic rings. The zero-order valence-electron chi connectivity index (χ0n) is 11.4. The van der Waals surface area contributed by atoms with E-state index in [-0.39, 0.29) is 5.41 Å². The Balaban J connectivity index is 2.52. The van der Waals surface area contributed by atoms with Gasteiger partial charge >= 0.3 is 0 Å². The van der Waals surface area contributed by atoms with Crippen LogP contribution in [-0.2, 0) is 11.8 Å². The summed E-state index contributed by atoms with van der Waals surface area (Å²) in [6.07, 6.45) is 2.48. The molecule has 1 rings (SSSR count). The number of aryl methyl sites for hydroxylation is 1. The van der Waals surface area contributed by atoms with Crippen LogP contribution in [-0.4, -0.2) is 20.6 Å². The fourth-order valence-electron chi connectivity index (χ4n) is 1.82. The summed E-state index contributed by atoms with van der Waals surface area (Å²) in [5, 5.41) is 0. The first-order valence-corrected chi connectivity index (χ1v) is 6.28. The van der Waals surface area contributed by atoms with Crippen LogP contribution in [0.2, 0.25) is 0 Å². The molecule has 1 N–H and O–H groups in total. The normalized spacial score (nSPS) is 12.1. The fraction of sp³-hybridized carbons (Fsp3) is 0.600. The van der Waals surface area contributed by atoms with Crippen molar-refractivity contribution in [3.05, 3.63) is 35.4 Å². The highest BCUT2D eigenvalue weighted by Gasteiger charge is 2.12. The quantitative estimate of drug-likeness (QED) is 0.792. The van der Waals surface area contributed by atoms with Crippen molar-refractivity contribution in [2.75, 3.05) is 20.6 Å². The van der Waals surface area contributed by atoms with E-state index in [9.17, 15) is 0 Å². The van der Waals surface area contributed by atoms with Crippen molar-refractivity contribution in [1.29, 1.82) is 0 Å². The Morgan fingerprint density at radius 3 is 2.00 bits per heavy atom. The molecule has 0 saturated heterocycles. The largest absolute Gasteiger partial charge is 0.340 e. The lowest BCUT2D eigenvalue weighted by Crippen LogP contribution is -3.05. The second-order valence-electron chi connectivity index (χ2n) is 6.01. The van der Waals surface area contributed by atoms with Gasteiger partial charge in [-0.05, 0) is 23.0 Å². The van der Waals surface area contributed by atoms with E-state index in [1.807, 2.05) is 0 Å². The van der Waals surface area contributed by atoms with E-state index >= 15 is 0 Å². The van der Waals surface area contributed by atoms with Gasteiger partial charge in [0.2, 0.25) is 0 Å². The third-order valence-corrected chi connectivity index (χ3v) is 2.96. The van der Waals surface area contributed by atoms with Gasteiger partial charge in [-0.25, -0.2) is 0 Å². The smallest absolute Gasteiger partial charge is 0.0770 e. The molecule has 0 amide bonds. The topological polar surface area (TPSA) is 4.44 Å². The molecular weight excluding hydrogens is 194 g/mol. The summed E-state index contributed by atoms with van der Waals surface area (Å²) in [7, 11) is 4.42. The van der Waals surface area contributed by atoms with E-state index in [4.69, 9.17) is 0 Å². The molecule has 0 bridgehead atoms. The molecule has 0 aromatic heterocycles. The van der Waals surface area contributed by atoms with E-state index in [1.165, 1.54) is 35.4 Å². The van der Waals surface area contributed by atoms with Crippen LogP contribution in [0.25, 0.3) is 0 Å². The Labute approximate surface area is 100 Å². The first-order valence-electron chi connectivity index (χ1n) is 6.28. The predicted molar refractivity (Wildman–Crippen MR) is 71.1 cm³/mol. The minimum atomic E-state index is 0.270. The monoisotopic (exact) mass is 220 g/mol. The summed E-state index contributed by atoms with van der Waals surface area (Å²) in [4.78, 5) is 1.53. The third-order valence-electron chi connectivity index (χ3n) is 2.96. The maximum absolute atomic E-state index is 2.28. The van der Waals surface area contributed by atoms with Gasteiger partial charge in [0, 0.05) is 6.42 Å². The van der Waals surface area contributed by atoms with Crippen molar-refractivity contribution < 1.29 is 4.90 Å². The number of hydrogen-bond acceptors (Lipinski definition) is 0. The Morgan fingerprint density at radius 1 is 1.00 bits per heavy atom. The van der Waals surface area contributed by atoms with Gasteiger partial charge in [0.25, 0.3) is 0 Å². The minimum Gasteiger partial charge on any atom is -0.340 e. The lowest BCUT2D eigenvalue weighted by atomic mass is 9.86. The third kappa shape index (κ3) is 4.36. The number of benzene rings is 1. The summed E-state index contributed by atoms with van der Waals surface area (Å²) in [6.45, 7) is 8.03. The molecule has 1 aromatic carbocycles. The molecular formula is C15H26N+. The van der Waals surface area contributed by atoms with E-state index in [1.54, 1.807) is 0 Å². The maximum Gasteiger partial charge on any atom is 0.0770 e. The molecule has 90 valence electrons. The second kappa shape index (κ2) is 5.49. The molecule has 1 heteroatoms. The van der Waals surface area contributed by atoms with Crippen LogP contribution in [0.5, 0.6) is 0 Å². The van der Waals surface area contributed by atoms with Gasteiger partial charge in [-0.2, -0.15) is 0 Å². The average Bonchev–Trinajstić information content (AvgIpc) is 2.16. The predicted octanol–water partition coefficient (Wildman–Crippen LogP) is 2.06. The zero-order valence-corrected chi connectivity index (χ0v) is 11.4. The highest BCUT2D eigenvalue weighted by molar-refractivity contribution is 5.27. The highest BCUT2D eigenvalue weighted by Crippen LogP contribution is 2.22. The lowest BCUT2D eigenvalue weighted by molar-refractivity contribution is -0.858. The molecule has 0 radical (unpaired) electrons. The van der Waals surface area contributed by atoms with Gasteiger partial charge < -0.3 is 4.90 Å². The van der Waals surface area contributed by atoms with Crippen LogP contribution >= 0.6 is 0 Å². The molecule has 0 atom stereocenters. The molecule has 0 aliphatic carbocycles. The summed E-state index contributed by atoms with van der Waals surface area (Å²) in [5.74, 6) is 0. The van der Waals surface area contributed by atoms with E-state index < -0.39 is 0 Å². The van der Waals surface area contributed by atoms with Gasteiger partial charge in [0.15, 0.2) is 0 Å². The molecule has 0 unspecified atom stereocenters. The molecule has 0 aliphatic heterocycles. The summed E-state index contributed by atoms with van der Waals surface area (Å²) >= 11 is 0. The summed E-state index contributed by atoms with van der Waals surface area (Å²) in [5.41, 5.74) is 3.16. The van der Waals surface area contributed by atoms with Gasteiger partial charge in [-0.1, -0.05) is 45.0 Å². The van der Waals surface area contributed by atoms with E-state index in [0.717, 1.165) is 0 Å². The van der Waals surface area contributed by atoms with Gasteiger partial charge in [0.05, 0.1) is 20.6 Å². The summed E-state index contributed by atoms with van der Waals surface area (Å²) in [6, 6.07) is 9.12. The Hall–Kier alpha value is -0.820. The van der Waals surface area contributed by atoms with Crippen molar-refractivity contribution in [3.8, 4) is 0 Å². The lowest BCUT2D eigenvalue weighted by Gasteiger charge is -2.19. The van der Waals surface area contributed by atoms with Crippen LogP contribution in [0.1, 0.15) is 38.3 Å². The van der Waals surface area contributed by atoms with Crippen LogP contribution < -0.4 is 4.90 Å². The maximum atomic E-state index is 2.28. The molecule has 0 spiro atoms. The van der Waals surface area contributed by atoms with Gasteiger partial charge in [-0.3, -0.25) is 0 Å². The Kier molecular flexibility index (Phi) is 4.55. The van der Waals surface area contributed by atoms with Crippen molar-refractivity contribution >= 4 is 0 Å². The Morgan fingerprint density at radius 2 is 1.56 bits per heavy atom. The first kappa shape index (κ1) is 13.2. The fourth-order valence-corrected chi connectivity index (χ4v) is 1.82. The van der Waals surface area contributed by atoms with Crippen molar-refractivity contribution in [2.45, 2.75) is 39.0 Å². The van der Waals surface area contributed by atoms with Crippen LogP contribution in [0.15, 0.2) is 24.3 Å². The first-order chi connectivity index (χ1) is 7.39. The second-order valence-corrected chi connectivity index (χ2v) is 6.01. The molecule has 0 heterocycles. The number of hydrogen-bond donors (Lipinski definition) is 1. The van der Waals surface area contributed by atoms with Crippen LogP contribution in [0.4, 0.5) is 0 Å². The minimum absolute atomic E-state index is 0.270. The van der Waals surface area contributed by atoms with Crippen molar-refractivity contribution in [1.82, 2.24) is 0 Å². The molecule has 0 saturated carbocycles. The van der Waals surface area contributed by atoms with E-state index in [2.05, 4.69) is 59.1 Å². The van der Waals surface area contributed by atoms with Gasteiger partial charge in [0.1, 0.15) is 0 Å². The number of nitrogens with one attached hydrogen (secondary N) is 1. The molecule has 1 nitrogen and oxygen atoms in total. The molecule has 0 aliphatic rings. The van der Waals surface area contributed by atoms with Crippen LogP contribution in [0.3, 0.4) is 0 Å². The van der Waals surface area contributed by atoms with Crippen molar-refractivity contribution in [3.63, 3.8) is 0 Å². The van der Waals surface area contributed by atoms with Gasteiger partial charge in [-0.15, -0.1) is 0 Å². The molecule has 0 fully saturated rings. The average molecular weight is 220 g/mol.